The molecule has 3 heterocycles. The van der Waals surface area contributed by atoms with Crippen molar-refractivity contribution < 1.29 is 4.74 Å². The number of hydrogen-bond acceptors (Lipinski definition) is 5. The molecule has 0 saturated carbocycles. The maximum absolute atomic E-state index is 5.98. The van der Waals surface area contributed by atoms with E-state index in [1.807, 2.05) is 36.6 Å². The number of aryl methyl sites for hydroxylation is 1. The van der Waals surface area contributed by atoms with Gasteiger partial charge in [-0.3, -0.25) is 5.10 Å². The number of benzene rings is 1. The summed E-state index contributed by atoms with van der Waals surface area (Å²) in [6.07, 6.45) is 2.57. The van der Waals surface area contributed by atoms with Gasteiger partial charge >= 0.3 is 0 Å². The largest absolute Gasteiger partial charge is 0.438 e. The fraction of sp³-hybridized carbons (Fsp3) is 0.133. The minimum atomic E-state index is 0.608. The molecule has 0 radical (unpaired) electrons. The Balaban J connectivity index is 1.80. The van der Waals surface area contributed by atoms with E-state index in [1.165, 1.54) is 0 Å². The van der Waals surface area contributed by atoms with E-state index in [1.54, 1.807) is 17.5 Å². The lowest BCUT2D eigenvalue weighted by atomic mass is 10.2. The van der Waals surface area contributed by atoms with Crippen LogP contribution in [0.1, 0.15) is 12.7 Å². The van der Waals surface area contributed by atoms with E-state index in [4.69, 9.17) is 4.74 Å². The van der Waals surface area contributed by atoms with Crippen molar-refractivity contribution in [3.63, 3.8) is 0 Å². The number of hydrogen-bond donors (Lipinski definition) is 1. The first kappa shape index (κ1) is 12.3. The van der Waals surface area contributed by atoms with Gasteiger partial charge in [0, 0.05) is 17.9 Å². The molecule has 4 rings (SSSR count). The summed E-state index contributed by atoms with van der Waals surface area (Å²) >= 11 is 1.60. The quantitative estimate of drug-likeness (QED) is 0.622. The zero-order valence-corrected chi connectivity index (χ0v) is 12.1. The monoisotopic (exact) mass is 296 g/mol. The van der Waals surface area contributed by atoms with Crippen molar-refractivity contribution in [1.29, 1.82) is 0 Å². The van der Waals surface area contributed by atoms with Crippen LogP contribution in [0.15, 0.2) is 35.8 Å². The molecule has 1 N–H and O–H groups in total. The fourth-order valence-electron chi connectivity index (χ4n) is 2.20. The average molecular weight is 296 g/mol. The Morgan fingerprint density at radius 1 is 1.24 bits per heavy atom. The highest BCUT2D eigenvalue weighted by atomic mass is 32.1. The topological polar surface area (TPSA) is 63.7 Å². The van der Waals surface area contributed by atoms with E-state index in [-0.39, 0.29) is 0 Å². The maximum atomic E-state index is 5.98. The summed E-state index contributed by atoms with van der Waals surface area (Å²) in [6.45, 7) is 2.04. The van der Waals surface area contributed by atoms with Crippen LogP contribution in [-0.4, -0.2) is 20.2 Å². The second kappa shape index (κ2) is 4.82. The lowest BCUT2D eigenvalue weighted by molar-refractivity contribution is 0.466. The molecule has 0 fully saturated rings. The number of ether oxygens (including phenoxy) is 1. The number of aromatic nitrogens is 4. The van der Waals surface area contributed by atoms with Crippen molar-refractivity contribution in [2.45, 2.75) is 13.3 Å². The summed E-state index contributed by atoms with van der Waals surface area (Å²) in [5.74, 6) is 2.14. The molecule has 21 heavy (non-hydrogen) atoms. The Morgan fingerprint density at radius 2 is 2.19 bits per heavy atom. The summed E-state index contributed by atoms with van der Waals surface area (Å²) in [5.41, 5.74) is 0.943. The summed E-state index contributed by atoms with van der Waals surface area (Å²) in [7, 11) is 0. The van der Waals surface area contributed by atoms with Crippen molar-refractivity contribution in [2.24, 2.45) is 0 Å². The van der Waals surface area contributed by atoms with E-state index in [0.717, 1.165) is 39.1 Å². The number of rotatable bonds is 3. The molecule has 4 aromatic rings. The Bertz CT molecular complexity index is 928. The Kier molecular flexibility index (Phi) is 2.82. The van der Waals surface area contributed by atoms with Crippen molar-refractivity contribution in [1.82, 2.24) is 20.2 Å². The number of nitrogens with zero attached hydrogens (tertiary/aromatic N) is 3. The molecule has 6 heteroatoms. The van der Waals surface area contributed by atoms with E-state index in [9.17, 15) is 0 Å². The lowest BCUT2D eigenvalue weighted by Crippen LogP contribution is -1.96. The molecular formula is C15H12N4OS. The highest BCUT2D eigenvalue weighted by molar-refractivity contribution is 7.16. The molecule has 0 aliphatic heterocycles. The van der Waals surface area contributed by atoms with Gasteiger partial charge in [-0.1, -0.05) is 6.92 Å². The van der Waals surface area contributed by atoms with Crippen LogP contribution in [-0.2, 0) is 6.42 Å². The van der Waals surface area contributed by atoms with Crippen molar-refractivity contribution in [3.8, 4) is 11.6 Å². The van der Waals surface area contributed by atoms with E-state index in [0.29, 0.717) is 5.88 Å². The van der Waals surface area contributed by atoms with Crippen molar-refractivity contribution in [2.75, 3.05) is 0 Å². The average Bonchev–Trinajstić information content (AvgIpc) is 3.14. The van der Waals surface area contributed by atoms with Gasteiger partial charge < -0.3 is 4.74 Å². The smallest absolute Gasteiger partial charge is 0.231 e. The first-order chi connectivity index (χ1) is 10.3. The zero-order valence-electron chi connectivity index (χ0n) is 11.3. The molecule has 0 aliphatic carbocycles. The summed E-state index contributed by atoms with van der Waals surface area (Å²) < 4.78 is 5.98. The number of H-pyrrole nitrogens is 1. The van der Waals surface area contributed by atoms with Crippen LogP contribution in [0.2, 0.25) is 0 Å². The molecule has 0 saturated heterocycles. The molecule has 1 aromatic carbocycles. The summed E-state index contributed by atoms with van der Waals surface area (Å²) in [6, 6.07) is 7.81. The Morgan fingerprint density at radius 3 is 3.10 bits per heavy atom. The number of aromatic amines is 1. The lowest BCUT2D eigenvalue weighted by Gasteiger charge is -2.07. The second-order valence-corrected chi connectivity index (χ2v) is 5.55. The Labute approximate surface area is 124 Å². The van der Waals surface area contributed by atoms with E-state index >= 15 is 0 Å². The SMILES string of the molecule is CCc1nc(Oc2ccc3cn[nH]c3c2)c2ccsc2n1. The first-order valence-electron chi connectivity index (χ1n) is 6.68. The third-order valence-corrected chi connectivity index (χ3v) is 4.09. The van der Waals surface area contributed by atoms with Gasteiger partial charge in [0.25, 0.3) is 0 Å². The van der Waals surface area contributed by atoms with Gasteiger partial charge in [0.1, 0.15) is 16.4 Å². The number of fused-ring (bicyclic) bond motifs is 2. The molecule has 3 aromatic heterocycles. The third-order valence-electron chi connectivity index (χ3n) is 3.28. The fourth-order valence-corrected chi connectivity index (χ4v) is 2.97. The molecule has 0 aliphatic rings. The highest BCUT2D eigenvalue weighted by Gasteiger charge is 2.10. The second-order valence-electron chi connectivity index (χ2n) is 4.66. The predicted molar refractivity (Wildman–Crippen MR) is 83.0 cm³/mol. The van der Waals surface area contributed by atoms with Crippen LogP contribution in [0.3, 0.4) is 0 Å². The van der Waals surface area contributed by atoms with Crippen LogP contribution < -0.4 is 4.74 Å². The third kappa shape index (κ3) is 2.13. The predicted octanol–water partition coefficient (Wildman–Crippen LogP) is 3.92. The molecule has 0 unspecified atom stereocenters. The molecular weight excluding hydrogens is 284 g/mol. The normalized spacial score (nSPS) is 11.3. The van der Waals surface area contributed by atoms with Crippen LogP contribution in [0.25, 0.3) is 21.1 Å². The standard InChI is InChI=1S/C15H12N4OS/c1-2-13-17-14(11-5-6-21-15(11)18-13)20-10-4-3-9-8-16-19-12(9)7-10/h3-8H,2H2,1H3,(H,16,19). The molecule has 0 amide bonds. The minimum absolute atomic E-state index is 0.608. The molecule has 0 atom stereocenters. The van der Waals surface area contributed by atoms with Gasteiger partial charge in [0.2, 0.25) is 5.88 Å². The van der Waals surface area contributed by atoms with Crippen molar-refractivity contribution >= 4 is 32.5 Å². The van der Waals surface area contributed by atoms with Crippen molar-refractivity contribution in [3.05, 3.63) is 41.7 Å². The van der Waals surface area contributed by atoms with Gasteiger partial charge in [0.05, 0.1) is 17.1 Å². The van der Waals surface area contributed by atoms with Gasteiger partial charge in [0.15, 0.2) is 0 Å². The molecule has 0 bridgehead atoms. The van der Waals surface area contributed by atoms with Gasteiger partial charge in [-0.15, -0.1) is 11.3 Å². The van der Waals surface area contributed by atoms with Gasteiger partial charge in [-0.2, -0.15) is 10.1 Å². The van der Waals surface area contributed by atoms with E-state index < -0.39 is 0 Å². The van der Waals surface area contributed by atoms with Gasteiger partial charge in [-0.25, -0.2) is 4.98 Å². The summed E-state index contributed by atoms with van der Waals surface area (Å²) in [4.78, 5) is 9.97. The number of nitrogens with one attached hydrogen (secondary N) is 1. The maximum Gasteiger partial charge on any atom is 0.231 e. The minimum Gasteiger partial charge on any atom is -0.438 e. The molecule has 0 spiro atoms. The first-order valence-corrected chi connectivity index (χ1v) is 7.56. The summed E-state index contributed by atoms with van der Waals surface area (Å²) in [5, 5.41) is 11.0. The van der Waals surface area contributed by atoms with Crippen LogP contribution in [0.4, 0.5) is 0 Å². The molecule has 104 valence electrons. The Hall–Kier alpha value is -2.47. The number of thiophene rings is 1. The van der Waals surface area contributed by atoms with Crippen LogP contribution in [0, 0.1) is 0 Å². The van der Waals surface area contributed by atoms with Gasteiger partial charge in [-0.05, 0) is 23.6 Å². The van der Waals surface area contributed by atoms with Crippen LogP contribution in [0.5, 0.6) is 11.6 Å². The van der Waals surface area contributed by atoms with Crippen LogP contribution >= 0.6 is 11.3 Å². The highest BCUT2D eigenvalue weighted by Crippen LogP contribution is 2.31. The van der Waals surface area contributed by atoms with E-state index in [2.05, 4.69) is 20.2 Å². The molecule has 5 nitrogen and oxygen atoms in total. The zero-order chi connectivity index (χ0) is 14.2.